The van der Waals surface area contributed by atoms with Crippen LogP contribution in [0.15, 0.2) is 48.5 Å². The van der Waals surface area contributed by atoms with Crippen molar-refractivity contribution in [3.8, 4) is 0 Å². The highest BCUT2D eigenvalue weighted by Crippen LogP contribution is 2.25. The Kier molecular flexibility index (Phi) is 7.24. The second-order valence-corrected chi connectivity index (χ2v) is 7.70. The molecule has 0 aliphatic carbocycles. The molecule has 2 aromatic carbocycles. The van der Waals surface area contributed by atoms with Crippen molar-refractivity contribution in [2.24, 2.45) is 5.92 Å². The summed E-state index contributed by atoms with van der Waals surface area (Å²) in [6.07, 6.45) is 3.31. The van der Waals surface area contributed by atoms with Crippen molar-refractivity contribution in [3.05, 3.63) is 70.8 Å². The topological polar surface area (TPSA) is 78.5 Å². The fourth-order valence-electron chi connectivity index (χ4n) is 4.00. The maximum Gasteiger partial charge on any atom is 0.261 e. The fourth-order valence-corrected chi connectivity index (χ4v) is 4.00. The average Bonchev–Trinajstić information content (AvgIpc) is 2.99. The molecular weight excluding hydrogens is 402 g/mol. The highest BCUT2D eigenvalue weighted by atomic mass is 35.5. The van der Waals surface area contributed by atoms with Gasteiger partial charge in [-0.25, -0.2) is 0 Å². The third kappa shape index (κ3) is 4.71. The largest absolute Gasteiger partial charge is 0.352 e. The summed E-state index contributed by atoms with van der Waals surface area (Å²) in [5.74, 6) is -0.282. The Morgan fingerprint density at radius 1 is 1.07 bits per heavy atom. The fraction of sp³-hybridized carbons (Fsp3) is 0.348. The molecule has 7 heteroatoms. The molecule has 1 atom stereocenters. The number of imide groups is 1. The number of carbonyl (C=O) groups excluding carboxylic acids is 3. The van der Waals surface area contributed by atoms with Gasteiger partial charge in [-0.15, -0.1) is 12.4 Å². The number of hydrogen-bond donors (Lipinski definition) is 2. The van der Waals surface area contributed by atoms with E-state index in [1.165, 1.54) is 23.8 Å². The lowest BCUT2D eigenvalue weighted by Crippen LogP contribution is -2.33. The van der Waals surface area contributed by atoms with E-state index in [1.807, 2.05) is 30.3 Å². The molecule has 0 aromatic heterocycles. The smallest absolute Gasteiger partial charge is 0.261 e. The van der Waals surface area contributed by atoms with Crippen molar-refractivity contribution in [3.63, 3.8) is 0 Å². The molecule has 2 aliphatic rings. The standard InChI is InChI=1S/C23H25N3O3.ClH/c27-21(25-12-10-16-7-4-11-24-14-16)18-8-9-19-20(13-18)23(29)26(22(19)28)15-17-5-2-1-3-6-17;/h1-3,5-6,8-9,13,16,24H,4,7,10-12,14-15H2,(H,25,27);1H. The number of nitrogens with zero attached hydrogens (tertiary/aromatic N) is 1. The van der Waals surface area contributed by atoms with Crippen LogP contribution in [0.1, 0.15) is 55.9 Å². The molecule has 0 radical (unpaired) electrons. The Labute approximate surface area is 182 Å². The zero-order valence-corrected chi connectivity index (χ0v) is 17.5. The highest BCUT2D eigenvalue weighted by molar-refractivity contribution is 6.22. The summed E-state index contributed by atoms with van der Waals surface area (Å²) in [6, 6.07) is 14.1. The van der Waals surface area contributed by atoms with Crippen LogP contribution in [0.3, 0.4) is 0 Å². The van der Waals surface area contributed by atoms with E-state index in [0.29, 0.717) is 29.2 Å². The van der Waals surface area contributed by atoms with Gasteiger partial charge in [0.25, 0.3) is 17.7 Å². The summed E-state index contributed by atoms with van der Waals surface area (Å²) >= 11 is 0. The molecule has 1 unspecified atom stereocenters. The molecule has 0 spiro atoms. The molecule has 6 nitrogen and oxygen atoms in total. The summed E-state index contributed by atoms with van der Waals surface area (Å²) in [7, 11) is 0. The predicted octanol–water partition coefficient (Wildman–Crippen LogP) is 3.02. The summed E-state index contributed by atoms with van der Waals surface area (Å²) in [5.41, 5.74) is 1.95. The first-order chi connectivity index (χ1) is 14.1. The van der Waals surface area contributed by atoms with Gasteiger partial charge in [0.15, 0.2) is 0 Å². The molecule has 3 amide bonds. The molecule has 2 N–H and O–H groups in total. The minimum absolute atomic E-state index is 0. The second kappa shape index (κ2) is 9.87. The summed E-state index contributed by atoms with van der Waals surface area (Å²) in [4.78, 5) is 39.2. The first-order valence-electron chi connectivity index (χ1n) is 10.2. The number of nitrogens with one attached hydrogen (secondary N) is 2. The van der Waals surface area contributed by atoms with Crippen molar-refractivity contribution < 1.29 is 14.4 Å². The van der Waals surface area contributed by atoms with Gasteiger partial charge >= 0.3 is 0 Å². The van der Waals surface area contributed by atoms with Crippen molar-refractivity contribution in [1.82, 2.24) is 15.5 Å². The second-order valence-electron chi connectivity index (χ2n) is 7.70. The van der Waals surface area contributed by atoms with E-state index in [0.717, 1.165) is 25.1 Å². The van der Waals surface area contributed by atoms with E-state index in [4.69, 9.17) is 0 Å². The SMILES string of the molecule is Cl.O=C(NCCC1CCCNC1)c1ccc2c(c1)C(=O)N(Cc1ccccc1)C2=O. The van der Waals surface area contributed by atoms with Crippen molar-refractivity contribution in [2.75, 3.05) is 19.6 Å². The third-order valence-corrected chi connectivity index (χ3v) is 5.65. The van der Waals surface area contributed by atoms with Gasteiger partial charge in [-0.1, -0.05) is 30.3 Å². The number of piperidine rings is 1. The van der Waals surface area contributed by atoms with Gasteiger partial charge < -0.3 is 10.6 Å². The molecule has 4 rings (SSSR count). The van der Waals surface area contributed by atoms with Crippen LogP contribution in [-0.4, -0.2) is 42.3 Å². The number of halogens is 1. The monoisotopic (exact) mass is 427 g/mol. The first kappa shape index (κ1) is 22.0. The maximum atomic E-state index is 12.8. The number of rotatable bonds is 6. The predicted molar refractivity (Wildman–Crippen MR) is 117 cm³/mol. The number of benzene rings is 2. The Hall–Kier alpha value is -2.70. The summed E-state index contributed by atoms with van der Waals surface area (Å²) < 4.78 is 0. The van der Waals surface area contributed by atoms with Gasteiger partial charge in [-0.2, -0.15) is 0 Å². The van der Waals surface area contributed by atoms with E-state index in [-0.39, 0.29) is 36.7 Å². The van der Waals surface area contributed by atoms with E-state index >= 15 is 0 Å². The van der Waals surface area contributed by atoms with Crippen LogP contribution in [0.25, 0.3) is 0 Å². The van der Waals surface area contributed by atoms with Crippen LogP contribution >= 0.6 is 12.4 Å². The van der Waals surface area contributed by atoms with Crippen LogP contribution in [0.4, 0.5) is 0 Å². The zero-order chi connectivity index (χ0) is 20.2. The number of amides is 3. The number of hydrogen-bond acceptors (Lipinski definition) is 4. The molecular formula is C23H26ClN3O3. The Morgan fingerprint density at radius 2 is 1.83 bits per heavy atom. The lowest BCUT2D eigenvalue weighted by molar-refractivity contribution is 0.0642. The minimum atomic E-state index is -0.350. The van der Waals surface area contributed by atoms with Crippen LogP contribution in [0, 0.1) is 5.92 Å². The Bertz CT molecular complexity index is 927. The van der Waals surface area contributed by atoms with Crippen LogP contribution in [0.2, 0.25) is 0 Å². The maximum absolute atomic E-state index is 12.8. The van der Waals surface area contributed by atoms with Crippen molar-refractivity contribution in [2.45, 2.75) is 25.8 Å². The molecule has 2 aliphatic heterocycles. The van der Waals surface area contributed by atoms with Crippen LogP contribution in [-0.2, 0) is 6.54 Å². The normalized spacial score (nSPS) is 18.0. The van der Waals surface area contributed by atoms with Crippen molar-refractivity contribution in [1.29, 1.82) is 0 Å². The molecule has 158 valence electrons. The molecule has 30 heavy (non-hydrogen) atoms. The Morgan fingerprint density at radius 3 is 2.57 bits per heavy atom. The first-order valence-corrected chi connectivity index (χ1v) is 10.2. The number of fused-ring (bicyclic) bond motifs is 1. The van der Waals surface area contributed by atoms with Crippen molar-refractivity contribution >= 4 is 30.1 Å². The number of carbonyl (C=O) groups is 3. The average molecular weight is 428 g/mol. The van der Waals surface area contributed by atoms with Gasteiger partial charge in [-0.3, -0.25) is 19.3 Å². The van der Waals surface area contributed by atoms with Crippen LogP contribution < -0.4 is 10.6 Å². The lowest BCUT2D eigenvalue weighted by atomic mass is 9.96. The molecule has 2 aromatic rings. The minimum Gasteiger partial charge on any atom is -0.352 e. The molecule has 1 saturated heterocycles. The third-order valence-electron chi connectivity index (χ3n) is 5.65. The molecule has 2 heterocycles. The van der Waals surface area contributed by atoms with Gasteiger partial charge in [0.1, 0.15) is 0 Å². The summed E-state index contributed by atoms with van der Waals surface area (Å²) in [6.45, 7) is 2.91. The quantitative estimate of drug-likeness (QED) is 0.694. The zero-order valence-electron chi connectivity index (χ0n) is 16.7. The lowest BCUT2D eigenvalue weighted by Gasteiger charge is -2.22. The van der Waals surface area contributed by atoms with E-state index in [2.05, 4.69) is 10.6 Å². The van der Waals surface area contributed by atoms with E-state index in [1.54, 1.807) is 12.1 Å². The Balaban J connectivity index is 0.00000256. The van der Waals surface area contributed by atoms with Gasteiger partial charge in [0.2, 0.25) is 0 Å². The van der Waals surface area contributed by atoms with Gasteiger partial charge in [0.05, 0.1) is 17.7 Å². The van der Waals surface area contributed by atoms with E-state index < -0.39 is 0 Å². The van der Waals surface area contributed by atoms with Crippen LogP contribution in [0.5, 0.6) is 0 Å². The van der Waals surface area contributed by atoms with E-state index in [9.17, 15) is 14.4 Å². The molecule has 0 bridgehead atoms. The molecule has 0 saturated carbocycles. The highest BCUT2D eigenvalue weighted by Gasteiger charge is 2.36. The summed E-state index contributed by atoms with van der Waals surface area (Å²) in [5, 5.41) is 6.31. The van der Waals surface area contributed by atoms with Gasteiger partial charge in [0, 0.05) is 12.1 Å². The van der Waals surface area contributed by atoms with Gasteiger partial charge in [-0.05, 0) is 62.0 Å². The molecule has 1 fully saturated rings.